The summed E-state index contributed by atoms with van der Waals surface area (Å²) in [6, 6.07) is 9.33. The smallest absolute Gasteiger partial charge is 0.259 e. The van der Waals surface area contributed by atoms with Gasteiger partial charge in [0.2, 0.25) is 5.13 Å². The van der Waals surface area contributed by atoms with E-state index in [1.165, 1.54) is 11.3 Å². The van der Waals surface area contributed by atoms with Crippen molar-refractivity contribution in [2.75, 3.05) is 26.0 Å². The molecule has 3 rings (SSSR count). The van der Waals surface area contributed by atoms with Crippen LogP contribution in [-0.4, -0.2) is 46.6 Å². The number of nitrogens with one attached hydrogen (secondary N) is 1. The molecular weight excluding hydrogens is 310 g/mol. The summed E-state index contributed by atoms with van der Waals surface area (Å²) in [5.74, 6) is -0.218. The fraction of sp³-hybridized carbons (Fsp3) is 0.250. The Hall–Kier alpha value is -2.38. The van der Waals surface area contributed by atoms with E-state index in [4.69, 9.17) is 0 Å². The number of carbonyl (C=O) groups excluding carboxylic acids is 1. The topological polar surface area (TPSA) is 71.0 Å². The second-order valence-electron chi connectivity index (χ2n) is 5.39. The summed E-state index contributed by atoms with van der Waals surface area (Å²) < 4.78 is 0. The highest BCUT2D eigenvalue weighted by molar-refractivity contribution is 7.15. The van der Waals surface area contributed by atoms with Gasteiger partial charge in [-0.2, -0.15) is 0 Å². The van der Waals surface area contributed by atoms with E-state index in [1.54, 1.807) is 12.3 Å². The zero-order valence-electron chi connectivity index (χ0n) is 13.0. The second kappa shape index (κ2) is 6.80. The first kappa shape index (κ1) is 15.5. The Kier molecular flexibility index (Phi) is 4.59. The molecule has 0 fully saturated rings. The minimum atomic E-state index is -0.218. The SMILES string of the molecule is CN(C)CCc1nnc(NC(=O)c2cccc3cccnc23)s1. The summed E-state index contributed by atoms with van der Waals surface area (Å²) in [7, 11) is 4.02. The highest BCUT2D eigenvalue weighted by atomic mass is 32.1. The number of amides is 1. The Morgan fingerprint density at radius 2 is 2.04 bits per heavy atom. The first-order valence-electron chi connectivity index (χ1n) is 7.25. The number of aromatic nitrogens is 3. The first-order chi connectivity index (χ1) is 11.1. The van der Waals surface area contributed by atoms with Crippen LogP contribution in [0.5, 0.6) is 0 Å². The normalized spacial score (nSPS) is 11.1. The number of benzene rings is 1. The average Bonchev–Trinajstić information content (AvgIpc) is 2.99. The van der Waals surface area contributed by atoms with E-state index in [0.29, 0.717) is 16.2 Å². The van der Waals surface area contributed by atoms with Gasteiger partial charge in [0, 0.05) is 24.5 Å². The minimum absolute atomic E-state index is 0.218. The van der Waals surface area contributed by atoms with Crippen LogP contribution in [0.1, 0.15) is 15.4 Å². The summed E-state index contributed by atoms with van der Waals surface area (Å²) in [5.41, 5.74) is 1.22. The molecule has 1 N–H and O–H groups in total. The van der Waals surface area contributed by atoms with Crippen LogP contribution in [0.25, 0.3) is 10.9 Å². The fourth-order valence-corrected chi connectivity index (χ4v) is 2.90. The van der Waals surface area contributed by atoms with Crippen molar-refractivity contribution in [1.29, 1.82) is 0 Å². The van der Waals surface area contributed by atoms with E-state index < -0.39 is 0 Å². The number of nitrogens with zero attached hydrogens (tertiary/aromatic N) is 4. The maximum absolute atomic E-state index is 12.5. The van der Waals surface area contributed by atoms with Crippen LogP contribution < -0.4 is 5.32 Å². The van der Waals surface area contributed by atoms with Gasteiger partial charge in [-0.05, 0) is 26.2 Å². The van der Waals surface area contributed by atoms with Gasteiger partial charge < -0.3 is 4.90 Å². The number of hydrogen-bond donors (Lipinski definition) is 1. The largest absolute Gasteiger partial charge is 0.309 e. The zero-order chi connectivity index (χ0) is 16.2. The van der Waals surface area contributed by atoms with E-state index >= 15 is 0 Å². The number of fused-ring (bicyclic) bond motifs is 1. The second-order valence-corrected chi connectivity index (χ2v) is 6.45. The molecule has 6 nitrogen and oxygen atoms in total. The Labute approximate surface area is 138 Å². The van der Waals surface area contributed by atoms with Gasteiger partial charge in [0.25, 0.3) is 5.91 Å². The van der Waals surface area contributed by atoms with E-state index in [9.17, 15) is 4.79 Å². The standard InChI is InChI=1S/C16H17N5OS/c1-21(2)10-8-13-19-20-16(23-13)18-15(22)12-7-3-5-11-6-4-9-17-14(11)12/h3-7,9H,8,10H2,1-2H3,(H,18,20,22). The van der Waals surface area contributed by atoms with E-state index in [2.05, 4.69) is 25.4 Å². The van der Waals surface area contributed by atoms with Crippen molar-refractivity contribution in [1.82, 2.24) is 20.1 Å². The number of hydrogen-bond acceptors (Lipinski definition) is 6. The van der Waals surface area contributed by atoms with Crippen LogP contribution in [0, 0.1) is 0 Å². The minimum Gasteiger partial charge on any atom is -0.309 e. The molecule has 1 amide bonds. The number of pyridine rings is 1. The van der Waals surface area contributed by atoms with Gasteiger partial charge in [-0.15, -0.1) is 10.2 Å². The van der Waals surface area contributed by atoms with Crippen molar-refractivity contribution in [3.63, 3.8) is 0 Å². The third-order valence-corrected chi connectivity index (χ3v) is 4.24. The van der Waals surface area contributed by atoms with Gasteiger partial charge in [-0.25, -0.2) is 0 Å². The van der Waals surface area contributed by atoms with Gasteiger partial charge in [-0.3, -0.25) is 15.1 Å². The van der Waals surface area contributed by atoms with Gasteiger partial charge in [0.15, 0.2) is 0 Å². The molecule has 7 heteroatoms. The van der Waals surface area contributed by atoms with Gasteiger partial charge in [-0.1, -0.05) is 29.5 Å². The lowest BCUT2D eigenvalue weighted by molar-refractivity contribution is 0.102. The maximum Gasteiger partial charge on any atom is 0.259 e. The van der Waals surface area contributed by atoms with Crippen molar-refractivity contribution >= 4 is 33.3 Å². The molecule has 2 aromatic heterocycles. The Bertz CT molecular complexity index is 825. The Morgan fingerprint density at radius 1 is 1.22 bits per heavy atom. The predicted octanol–water partition coefficient (Wildman–Crippen LogP) is 2.44. The molecule has 0 saturated carbocycles. The van der Waals surface area contributed by atoms with Crippen molar-refractivity contribution < 1.29 is 4.79 Å². The number of rotatable bonds is 5. The lowest BCUT2D eigenvalue weighted by atomic mass is 10.1. The number of likely N-dealkylation sites (N-methyl/N-ethyl adjacent to an activating group) is 1. The molecule has 1 aromatic carbocycles. The highest BCUT2D eigenvalue weighted by Crippen LogP contribution is 2.20. The maximum atomic E-state index is 12.5. The van der Waals surface area contributed by atoms with E-state index in [1.807, 2.05) is 38.4 Å². The van der Waals surface area contributed by atoms with Crippen molar-refractivity contribution in [3.8, 4) is 0 Å². The molecule has 0 saturated heterocycles. The monoisotopic (exact) mass is 327 g/mol. The first-order valence-corrected chi connectivity index (χ1v) is 8.07. The third kappa shape index (κ3) is 3.69. The summed E-state index contributed by atoms with van der Waals surface area (Å²) in [6.07, 6.45) is 2.50. The van der Waals surface area contributed by atoms with E-state index in [0.717, 1.165) is 23.4 Å². The summed E-state index contributed by atoms with van der Waals surface area (Å²) in [5, 5.41) is 13.3. The predicted molar refractivity (Wildman–Crippen MR) is 91.9 cm³/mol. The zero-order valence-corrected chi connectivity index (χ0v) is 13.8. The Balaban J connectivity index is 1.76. The van der Waals surface area contributed by atoms with Crippen LogP contribution in [0.3, 0.4) is 0 Å². The molecule has 0 atom stereocenters. The lowest BCUT2D eigenvalue weighted by Crippen LogP contribution is -2.14. The third-order valence-electron chi connectivity index (χ3n) is 3.34. The van der Waals surface area contributed by atoms with Crippen LogP contribution in [-0.2, 0) is 6.42 Å². The summed E-state index contributed by atoms with van der Waals surface area (Å²) in [6.45, 7) is 0.899. The summed E-state index contributed by atoms with van der Waals surface area (Å²) in [4.78, 5) is 18.9. The van der Waals surface area contributed by atoms with Crippen LogP contribution in [0.15, 0.2) is 36.5 Å². The lowest BCUT2D eigenvalue weighted by Gasteiger charge is -2.06. The molecule has 2 heterocycles. The average molecular weight is 327 g/mol. The number of anilines is 1. The molecule has 0 aliphatic heterocycles. The molecule has 3 aromatic rings. The molecule has 0 radical (unpaired) electrons. The fourth-order valence-electron chi connectivity index (χ4n) is 2.18. The highest BCUT2D eigenvalue weighted by Gasteiger charge is 2.13. The molecule has 0 bridgehead atoms. The van der Waals surface area contributed by atoms with E-state index in [-0.39, 0.29) is 5.91 Å². The molecule has 118 valence electrons. The van der Waals surface area contributed by atoms with Crippen LogP contribution >= 0.6 is 11.3 Å². The summed E-state index contributed by atoms with van der Waals surface area (Å²) >= 11 is 1.40. The van der Waals surface area contributed by atoms with Gasteiger partial charge >= 0.3 is 0 Å². The van der Waals surface area contributed by atoms with Crippen LogP contribution in [0.4, 0.5) is 5.13 Å². The molecule has 0 aliphatic rings. The van der Waals surface area contributed by atoms with Crippen molar-refractivity contribution in [3.05, 3.63) is 47.1 Å². The molecular formula is C16H17N5OS. The van der Waals surface area contributed by atoms with Crippen molar-refractivity contribution in [2.45, 2.75) is 6.42 Å². The van der Waals surface area contributed by atoms with Gasteiger partial charge in [0.1, 0.15) is 5.01 Å². The number of para-hydroxylation sites is 1. The Morgan fingerprint density at radius 3 is 2.87 bits per heavy atom. The number of carbonyl (C=O) groups is 1. The molecule has 23 heavy (non-hydrogen) atoms. The molecule has 0 aliphatic carbocycles. The van der Waals surface area contributed by atoms with Crippen LogP contribution in [0.2, 0.25) is 0 Å². The molecule has 0 unspecified atom stereocenters. The molecule has 0 spiro atoms. The quantitative estimate of drug-likeness (QED) is 0.779. The van der Waals surface area contributed by atoms with Crippen molar-refractivity contribution in [2.24, 2.45) is 0 Å². The van der Waals surface area contributed by atoms with Gasteiger partial charge in [0.05, 0.1) is 11.1 Å².